The predicted octanol–water partition coefficient (Wildman–Crippen LogP) is 4.56. The molecule has 0 spiro atoms. The summed E-state index contributed by atoms with van der Waals surface area (Å²) in [4.78, 5) is 8.86. The number of nitrogens with one attached hydrogen (secondary N) is 1. The van der Waals surface area contributed by atoms with Crippen LogP contribution in [0.3, 0.4) is 0 Å². The summed E-state index contributed by atoms with van der Waals surface area (Å²) in [6.45, 7) is 1.91. The summed E-state index contributed by atoms with van der Waals surface area (Å²) in [6, 6.07) is 9.90. The van der Waals surface area contributed by atoms with Crippen LogP contribution in [0.4, 0.5) is 5.13 Å². The smallest absolute Gasteiger partial charge is 0.187 e. The summed E-state index contributed by atoms with van der Waals surface area (Å²) in [6.07, 6.45) is 1.65. The second-order valence-corrected chi connectivity index (χ2v) is 6.59. The van der Waals surface area contributed by atoms with Gasteiger partial charge in [0.05, 0.1) is 12.8 Å². The van der Waals surface area contributed by atoms with Gasteiger partial charge in [-0.1, -0.05) is 0 Å². The van der Waals surface area contributed by atoms with Crippen LogP contribution in [0.1, 0.15) is 10.7 Å². The van der Waals surface area contributed by atoms with E-state index in [1.165, 1.54) is 22.7 Å². The van der Waals surface area contributed by atoms with Crippen molar-refractivity contribution in [2.24, 2.45) is 0 Å². The zero-order chi connectivity index (χ0) is 16.9. The number of nitrogens with zero attached hydrogens (tertiary/aromatic N) is 3. The third kappa shape index (κ3) is 3.62. The topological polar surface area (TPSA) is 70.8 Å². The molecule has 0 saturated heterocycles. The van der Waals surface area contributed by atoms with Crippen molar-refractivity contribution in [3.05, 3.63) is 51.9 Å². The van der Waals surface area contributed by atoms with Gasteiger partial charge in [0, 0.05) is 28.2 Å². The van der Waals surface area contributed by atoms with Gasteiger partial charge in [-0.3, -0.25) is 0 Å². The molecule has 3 aromatic rings. The first-order valence-corrected chi connectivity index (χ1v) is 8.85. The minimum absolute atomic E-state index is 0.495. The van der Waals surface area contributed by atoms with E-state index in [1.54, 1.807) is 13.3 Å². The number of allylic oxidation sites excluding steroid dienone is 1. The fourth-order valence-corrected chi connectivity index (χ4v) is 3.44. The Balaban J connectivity index is 1.75. The molecule has 7 heteroatoms. The molecule has 2 heterocycles. The first kappa shape index (κ1) is 16.2. The number of hydrogen-bond donors (Lipinski definition) is 1. The van der Waals surface area contributed by atoms with E-state index >= 15 is 0 Å². The molecule has 1 N–H and O–H groups in total. The van der Waals surface area contributed by atoms with Crippen molar-refractivity contribution >= 4 is 33.4 Å². The number of methoxy groups -OCH3 is 1. The van der Waals surface area contributed by atoms with Gasteiger partial charge in [-0.15, -0.1) is 22.7 Å². The second kappa shape index (κ2) is 7.25. The minimum Gasteiger partial charge on any atom is -0.497 e. The lowest BCUT2D eigenvalue weighted by atomic mass is 10.2. The quantitative estimate of drug-likeness (QED) is 0.680. The van der Waals surface area contributed by atoms with Crippen molar-refractivity contribution in [1.29, 1.82) is 5.26 Å². The van der Waals surface area contributed by atoms with Crippen LogP contribution in [0.2, 0.25) is 0 Å². The molecule has 2 aromatic heterocycles. The largest absolute Gasteiger partial charge is 0.497 e. The van der Waals surface area contributed by atoms with Crippen molar-refractivity contribution in [1.82, 2.24) is 9.97 Å². The third-order valence-corrected chi connectivity index (χ3v) is 4.97. The molecular weight excluding hydrogens is 340 g/mol. The van der Waals surface area contributed by atoms with Gasteiger partial charge in [-0.05, 0) is 31.2 Å². The molecule has 120 valence electrons. The molecule has 3 rings (SSSR count). The monoisotopic (exact) mass is 354 g/mol. The molecule has 0 aliphatic carbocycles. The van der Waals surface area contributed by atoms with Gasteiger partial charge in [-0.25, -0.2) is 9.97 Å². The van der Waals surface area contributed by atoms with Crippen LogP contribution in [0.15, 0.2) is 41.2 Å². The third-order valence-electron chi connectivity index (χ3n) is 3.20. The number of thiazole rings is 2. The molecule has 24 heavy (non-hydrogen) atoms. The highest BCUT2D eigenvalue weighted by atomic mass is 32.1. The summed E-state index contributed by atoms with van der Waals surface area (Å²) in [7, 11) is 1.64. The SMILES string of the molecule is COc1ccc(-c2csc(N/C=C(\C#N)c3nc(C)cs3)n2)cc1. The molecule has 0 radical (unpaired) electrons. The maximum atomic E-state index is 9.28. The lowest BCUT2D eigenvalue weighted by Gasteiger charge is -2.00. The molecule has 0 atom stereocenters. The van der Waals surface area contributed by atoms with E-state index in [4.69, 9.17) is 4.74 Å². The van der Waals surface area contributed by atoms with Gasteiger partial charge in [0.15, 0.2) is 5.13 Å². The van der Waals surface area contributed by atoms with Crippen LogP contribution in [0.5, 0.6) is 5.75 Å². The summed E-state index contributed by atoms with van der Waals surface area (Å²) >= 11 is 2.93. The number of rotatable bonds is 5. The van der Waals surface area contributed by atoms with Crippen LogP contribution >= 0.6 is 22.7 Å². The highest BCUT2D eigenvalue weighted by Gasteiger charge is 2.07. The Labute approximate surface area is 147 Å². The Hall–Kier alpha value is -2.69. The van der Waals surface area contributed by atoms with Crippen molar-refractivity contribution in [2.45, 2.75) is 6.92 Å². The molecule has 0 bridgehead atoms. The number of benzene rings is 1. The van der Waals surface area contributed by atoms with Gasteiger partial charge in [0.25, 0.3) is 0 Å². The van der Waals surface area contributed by atoms with E-state index in [2.05, 4.69) is 21.4 Å². The van der Waals surface area contributed by atoms with Gasteiger partial charge in [-0.2, -0.15) is 5.26 Å². The average Bonchev–Trinajstić information content (AvgIpc) is 3.25. The lowest BCUT2D eigenvalue weighted by Crippen LogP contribution is -1.90. The first-order valence-electron chi connectivity index (χ1n) is 7.09. The molecule has 0 aliphatic heterocycles. The summed E-state index contributed by atoms with van der Waals surface area (Å²) < 4.78 is 5.16. The van der Waals surface area contributed by atoms with Crippen molar-refractivity contribution < 1.29 is 4.74 Å². The number of aromatic nitrogens is 2. The first-order chi connectivity index (χ1) is 11.7. The molecule has 0 fully saturated rings. The van der Waals surface area contributed by atoms with Gasteiger partial charge in [0.2, 0.25) is 0 Å². The minimum atomic E-state index is 0.495. The van der Waals surface area contributed by atoms with E-state index < -0.39 is 0 Å². The van der Waals surface area contributed by atoms with Crippen LogP contribution in [0.25, 0.3) is 16.8 Å². The normalized spacial score (nSPS) is 11.1. The summed E-state index contributed by atoms with van der Waals surface area (Å²) in [5, 5.41) is 17.7. The molecule has 0 unspecified atom stereocenters. The number of ether oxygens (including phenoxy) is 1. The van der Waals surface area contributed by atoms with Crippen molar-refractivity contribution in [2.75, 3.05) is 12.4 Å². The maximum Gasteiger partial charge on any atom is 0.187 e. The highest BCUT2D eigenvalue weighted by molar-refractivity contribution is 7.14. The maximum absolute atomic E-state index is 9.28. The van der Waals surface area contributed by atoms with Crippen LogP contribution in [-0.2, 0) is 0 Å². The Morgan fingerprint density at radius 3 is 2.62 bits per heavy atom. The molecule has 0 aliphatic rings. The standard InChI is InChI=1S/C17H14N4OS2/c1-11-9-23-16(20-11)13(7-18)8-19-17-21-15(10-24-17)12-3-5-14(22-2)6-4-12/h3-6,8-10H,1-2H3,(H,19,21)/b13-8+. The number of hydrogen-bond acceptors (Lipinski definition) is 7. The van der Waals surface area contributed by atoms with E-state index in [-0.39, 0.29) is 0 Å². The van der Waals surface area contributed by atoms with Crippen LogP contribution < -0.4 is 10.1 Å². The Morgan fingerprint density at radius 2 is 2.00 bits per heavy atom. The van der Waals surface area contributed by atoms with E-state index in [0.717, 1.165) is 27.8 Å². The van der Waals surface area contributed by atoms with E-state index in [1.807, 2.05) is 41.9 Å². The fraction of sp³-hybridized carbons (Fsp3) is 0.118. The molecular formula is C17H14N4OS2. The van der Waals surface area contributed by atoms with Gasteiger partial charge < -0.3 is 10.1 Å². The van der Waals surface area contributed by atoms with Crippen molar-refractivity contribution in [3.8, 4) is 23.1 Å². The molecule has 5 nitrogen and oxygen atoms in total. The van der Waals surface area contributed by atoms with Crippen molar-refractivity contribution in [3.63, 3.8) is 0 Å². The summed E-state index contributed by atoms with van der Waals surface area (Å²) in [5.41, 5.74) is 3.30. The second-order valence-electron chi connectivity index (χ2n) is 4.87. The van der Waals surface area contributed by atoms with E-state index in [0.29, 0.717) is 10.6 Å². The Morgan fingerprint density at radius 1 is 1.21 bits per heavy atom. The fourth-order valence-electron chi connectivity index (χ4n) is 1.99. The van der Waals surface area contributed by atoms with Gasteiger partial charge >= 0.3 is 0 Å². The average molecular weight is 354 g/mol. The Bertz CT molecular complexity index is 903. The van der Waals surface area contributed by atoms with Gasteiger partial charge in [0.1, 0.15) is 22.4 Å². The number of nitriles is 1. The molecule has 0 saturated carbocycles. The molecule has 1 aromatic carbocycles. The van der Waals surface area contributed by atoms with E-state index in [9.17, 15) is 5.26 Å². The summed E-state index contributed by atoms with van der Waals surface area (Å²) in [5.74, 6) is 0.813. The molecule has 0 amide bonds. The predicted molar refractivity (Wildman–Crippen MR) is 98.2 cm³/mol. The zero-order valence-electron chi connectivity index (χ0n) is 13.1. The van der Waals surface area contributed by atoms with Crippen LogP contribution in [0, 0.1) is 18.3 Å². The van der Waals surface area contributed by atoms with Crippen LogP contribution in [-0.4, -0.2) is 17.1 Å². The number of anilines is 1. The Kier molecular flexibility index (Phi) is 4.89. The highest BCUT2D eigenvalue weighted by Crippen LogP contribution is 2.27. The number of aryl methyl sites for hydroxylation is 1. The lowest BCUT2D eigenvalue weighted by molar-refractivity contribution is 0.415. The zero-order valence-corrected chi connectivity index (χ0v) is 14.7.